The summed E-state index contributed by atoms with van der Waals surface area (Å²) in [6, 6.07) is 0. The molecule has 0 fully saturated rings. The van der Waals surface area contributed by atoms with Gasteiger partial charge in [0.2, 0.25) is 0 Å². The van der Waals surface area contributed by atoms with E-state index in [1.54, 1.807) is 0 Å². The molecule has 7 heavy (non-hydrogen) atoms. The normalized spacial score (nSPS) is 8.29. The van der Waals surface area contributed by atoms with Crippen molar-refractivity contribution in [1.82, 2.24) is 0 Å². The molecule has 7 heteroatoms. The van der Waals surface area contributed by atoms with Crippen molar-refractivity contribution in [2.75, 3.05) is 0 Å². The Kier molecular flexibility index (Phi) is 12.4. The van der Waals surface area contributed by atoms with Crippen LogP contribution in [0.15, 0.2) is 0 Å². The SMILES string of the molecule is O=S(=O)([O-])[O-].[Ag+].[Ag+]. The molecule has 0 aliphatic carbocycles. The standard InChI is InChI=1S/2Ag.H2O4S/c;;1-5(2,3)4/h;;(H2,1,2,3,4)/q2*+1;/p-2. The average molecular weight is 312 g/mol. The van der Waals surface area contributed by atoms with E-state index >= 15 is 0 Å². The molecule has 4 nitrogen and oxygen atoms in total. The van der Waals surface area contributed by atoms with E-state index in [9.17, 15) is 0 Å². The van der Waals surface area contributed by atoms with Gasteiger partial charge in [-0.3, -0.25) is 8.42 Å². The average Bonchev–Trinajstić information content (AvgIpc) is 0.722. The molecular weight excluding hydrogens is 312 g/mol. The zero-order valence-corrected chi connectivity index (χ0v) is 6.43. The van der Waals surface area contributed by atoms with Crippen molar-refractivity contribution >= 4 is 10.4 Å². The number of hydrogen-bond acceptors (Lipinski definition) is 4. The van der Waals surface area contributed by atoms with Crippen LogP contribution < -0.4 is 0 Å². The Labute approximate surface area is 72.3 Å². The van der Waals surface area contributed by atoms with E-state index in [1.165, 1.54) is 0 Å². The fraction of sp³-hybridized carbons (Fsp3) is 0. The van der Waals surface area contributed by atoms with E-state index in [0.717, 1.165) is 0 Å². The van der Waals surface area contributed by atoms with Crippen LogP contribution in [0.25, 0.3) is 0 Å². The molecule has 0 N–H and O–H groups in total. The molecule has 0 bridgehead atoms. The fourth-order valence-corrected chi connectivity index (χ4v) is 0. The minimum absolute atomic E-state index is 0. The molecule has 0 spiro atoms. The van der Waals surface area contributed by atoms with E-state index in [-0.39, 0.29) is 44.8 Å². The van der Waals surface area contributed by atoms with Gasteiger partial charge in [-0.15, -0.1) is 0 Å². The van der Waals surface area contributed by atoms with Crippen LogP contribution >= 0.6 is 0 Å². The topological polar surface area (TPSA) is 80.3 Å². The zero-order chi connectivity index (χ0) is 4.50. The Hall–Kier alpha value is 1.35. The maximum atomic E-state index is 8.52. The Bertz CT molecular complexity index is 92.9. The van der Waals surface area contributed by atoms with Gasteiger partial charge in [0.15, 0.2) is 0 Å². The first-order valence-electron chi connectivity index (χ1n) is 0.667. The van der Waals surface area contributed by atoms with Gasteiger partial charge in [0.25, 0.3) is 0 Å². The summed E-state index contributed by atoms with van der Waals surface area (Å²) < 4.78 is 34.1. The van der Waals surface area contributed by atoms with Crippen LogP contribution in [0.3, 0.4) is 0 Å². The summed E-state index contributed by atoms with van der Waals surface area (Å²) in [5.74, 6) is 0. The monoisotopic (exact) mass is 310 g/mol. The zero-order valence-electron chi connectivity index (χ0n) is 2.64. The molecular formula is Ag2O4S. The minimum Gasteiger partial charge on any atom is -0.759 e. The quantitative estimate of drug-likeness (QED) is 0.315. The van der Waals surface area contributed by atoms with E-state index in [2.05, 4.69) is 0 Å². The molecule has 0 atom stereocenters. The smallest absolute Gasteiger partial charge is 0.759 e. The van der Waals surface area contributed by atoms with Crippen LogP contribution in [0.4, 0.5) is 0 Å². The third kappa shape index (κ3) is 115. The van der Waals surface area contributed by atoms with Gasteiger partial charge in [0.1, 0.15) is 0 Å². The molecule has 0 aromatic heterocycles. The van der Waals surface area contributed by atoms with Crippen molar-refractivity contribution in [3.05, 3.63) is 0 Å². The maximum Gasteiger partial charge on any atom is 1.00 e. The Morgan fingerprint density at radius 3 is 1.00 bits per heavy atom. The Balaban J connectivity index is -0.0000000800. The van der Waals surface area contributed by atoms with Gasteiger partial charge in [-0.1, -0.05) is 0 Å². The predicted octanol–water partition coefficient (Wildman–Crippen LogP) is -1.34. The summed E-state index contributed by atoms with van der Waals surface area (Å²) in [6.45, 7) is 0. The van der Waals surface area contributed by atoms with Gasteiger partial charge in [-0.2, -0.15) is 0 Å². The molecule has 0 heterocycles. The third-order valence-corrected chi connectivity index (χ3v) is 0. The van der Waals surface area contributed by atoms with Crippen LogP contribution in [-0.2, 0) is 55.2 Å². The van der Waals surface area contributed by atoms with Crippen molar-refractivity contribution < 1.29 is 62.3 Å². The molecule has 0 saturated heterocycles. The van der Waals surface area contributed by atoms with Crippen molar-refractivity contribution in [3.8, 4) is 0 Å². The van der Waals surface area contributed by atoms with Crippen LogP contribution in [0.2, 0.25) is 0 Å². The van der Waals surface area contributed by atoms with Gasteiger partial charge in [-0.05, 0) is 0 Å². The molecule has 52 valence electrons. The first kappa shape index (κ1) is 15.8. The van der Waals surface area contributed by atoms with Gasteiger partial charge in [0.05, 0.1) is 0 Å². The van der Waals surface area contributed by atoms with E-state index in [1.807, 2.05) is 0 Å². The van der Waals surface area contributed by atoms with Gasteiger partial charge in [0, 0.05) is 10.4 Å². The summed E-state index contributed by atoms with van der Waals surface area (Å²) in [5.41, 5.74) is 0. The molecule has 0 unspecified atom stereocenters. The van der Waals surface area contributed by atoms with Gasteiger partial charge in [-0.25, -0.2) is 0 Å². The summed E-state index contributed by atoms with van der Waals surface area (Å²) in [6.07, 6.45) is 0. The van der Waals surface area contributed by atoms with E-state index in [4.69, 9.17) is 17.5 Å². The largest absolute Gasteiger partial charge is 1.00 e. The fourth-order valence-electron chi connectivity index (χ4n) is 0. The molecule has 0 aliphatic heterocycles. The van der Waals surface area contributed by atoms with Crippen molar-refractivity contribution in [2.24, 2.45) is 0 Å². The second-order valence-corrected chi connectivity index (χ2v) is 1.22. The van der Waals surface area contributed by atoms with Gasteiger partial charge >= 0.3 is 44.8 Å². The number of rotatable bonds is 0. The maximum absolute atomic E-state index is 8.52. The van der Waals surface area contributed by atoms with Gasteiger partial charge < -0.3 is 9.11 Å². The molecule has 0 amide bonds. The first-order chi connectivity index (χ1) is 2.00. The third-order valence-electron chi connectivity index (χ3n) is 0. The molecule has 0 aromatic rings. The van der Waals surface area contributed by atoms with Crippen molar-refractivity contribution in [3.63, 3.8) is 0 Å². The van der Waals surface area contributed by atoms with Crippen LogP contribution in [0.1, 0.15) is 0 Å². The predicted molar refractivity (Wildman–Crippen MR) is 10.5 cm³/mol. The molecule has 0 aromatic carbocycles. The van der Waals surface area contributed by atoms with Crippen molar-refractivity contribution in [1.29, 1.82) is 0 Å². The summed E-state index contributed by atoms with van der Waals surface area (Å²) in [7, 11) is -5.17. The molecule has 0 rings (SSSR count). The van der Waals surface area contributed by atoms with Crippen molar-refractivity contribution in [2.45, 2.75) is 0 Å². The Morgan fingerprint density at radius 1 is 1.00 bits per heavy atom. The van der Waals surface area contributed by atoms with Crippen LogP contribution in [0.5, 0.6) is 0 Å². The minimum atomic E-state index is -5.17. The van der Waals surface area contributed by atoms with E-state index in [0.29, 0.717) is 0 Å². The van der Waals surface area contributed by atoms with Crippen LogP contribution in [-0.4, -0.2) is 17.5 Å². The second-order valence-electron chi connectivity index (χ2n) is 0.408. The Morgan fingerprint density at radius 2 is 1.00 bits per heavy atom. The summed E-state index contributed by atoms with van der Waals surface area (Å²) in [4.78, 5) is 0. The second kappa shape index (κ2) is 5.49. The summed E-state index contributed by atoms with van der Waals surface area (Å²) in [5, 5.41) is 0. The molecule has 0 saturated carbocycles. The summed E-state index contributed by atoms with van der Waals surface area (Å²) >= 11 is 0. The molecule has 0 radical (unpaired) electrons. The first-order valence-corrected chi connectivity index (χ1v) is 2.00. The number of hydrogen-bond donors (Lipinski definition) is 0. The van der Waals surface area contributed by atoms with Crippen LogP contribution in [0, 0.1) is 0 Å². The van der Waals surface area contributed by atoms with E-state index < -0.39 is 10.4 Å². The molecule has 0 aliphatic rings.